The zero-order chi connectivity index (χ0) is 55.4. The first-order valence-electron chi connectivity index (χ1n) is 24.9. The number of halogens is 2. The Morgan fingerprint density at radius 3 is 2.04 bits per heavy atom. The Labute approximate surface area is 455 Å². The van der Waals surface area contributed by atoms with Crippen molar-refractivity contribution in [2.45, 2.75) is 26.0 Å². The molecule has 0 aliphatic carbocycles. The molecule has 414 valence electrons. The Bertz CT molecular complexity index is 2820. The minimum atomic E-state index is -1.01. The van der Waals surface area contributed by atoms with Crippen molar-refractivity contribution in [2.24, 2.45) is 5.16 Å². The number of amides is 3. The van der Waals surface area contributed by atoms with Crippen molar-refractivity contribution < 1.29 is 63.1 Å². The van der Waals surface area contributed by atoms with Gasteiger partial charge in [0.2, 0.25) is 5.91 Å². The number of carboxylic acid groups (broad SMARTS) is 2. The average Bonchev–Trinajstić information content (AvgIpc) is 3.82. The van der Waals surface area contributed by atoms with Crippen molar-refractivity contribution in [3.05, 3.63) is 75.9 Å². The molecule has 77 heavy (non-hydrogen) atoms. The zero-order valence-electron chi connectivity index (χ0n) is 43.4. The summed E-state index contributed by atoms with van der Waals surface area (Å²) < 4.78 is 19.6. The maximum absolute atomic E-state index is 14.4. The number of oxime groups is 1. The van der Waals surface area contributed by atoms with E-state index in [1.807, 2.05) is 35.8 Å². The van der Waals surface area contributed by atoms with E-state index in [1.54, 1.807) is 73.9 Å². The highest BCUT2D eigenvalue weighted by atomic mass is 35.5. The number of likely N-dealkylation sites (tertiary alicyclic amines) is 1. The first-order chi connectivity index (χ1) is 37.0. The van der Waals surface area contributed by atoms with E-state index in [9.17, 15) is 39.0 Å². The van der Waals surface area contributed by atoms with E-state index in [0.29, 0.717) is 139 Å². The van der Waals surface area contributed by atoms with Gasteiger partial charge in [-0.1, -0.05) is 40.5 Å². The number of aliphatic hydroxyl groups excluding tert-OH is 1. The van der Waals surface area contributed by atoms with Gasteiger partial charge in [0, 0.05) is 105 Å². The second-order valence-electron chi connectivity index (χ2n) is 19.3. The summed E-state index contributed by atoms with van der Waals surface area (Å²) in [7, 11) is 2.55. The third-order valence-corrected chi connectivity index (χ3v) is 13.8. The molecule has 1 aromatic heterocycles. The monoisotopic (exact) mass is 1110 g/mol. The Morgan fingerprint density at radius 2 is 1.44 bits per heavy atom. The maximum atomic E-state index is 14.4. The lowest BCUT2D eigenvalue weighted by molar-refractivity contribution is -0.140. The fourth-order valence-corrected chi connectivity index (χ4v) is 9.96. The van der Waals surface area contributed by atoms with Crippen molar-refractivity contribution in [3.63, 3.8) is 0 Å². The highest BCUT2D eigenvalue weighted by molar-refractivity contribution is 6.34. The topological polar surface area (TPSA) is 262 Å². The number of carboxylic acids is 2. The zero-order valence-corrected chi connectivity index (χ0v) is 44.9. The molecule has 0 spiro atoms. The van der Waals surface area contributed by atoms with Crippen LogP contribution in [0.5, 0.6) is 11.5 Å². The molecule has 4 N–H and O–H groups in total. The molecule has 4 aliphatic heterocycles. The van der Waals surface area contributed by atoms with Crippen LogP contribution in [0.1, 0.15) is 29.9 Å². The van der Waals surface area contributed by atoms with Crippen LogP contribution < -0.4 is 14.8 Å². The number of aliphatic hydroxyl groups is 1. The fourth-order valence-electron chi connectivity index (χ4n) is 9.44. The fraction of sp³-hybridized carbons (Fsp3) is 0.462. The number of aliphatic carboxylic acids is 2. The van der Waals surface area contributed by atoms with Crippen LogP contribution in [0, 0.1) is 0 Å². The van der Waals surface area contributed by atoms with Gasteiger partial charge in [-0.25, -0.2) is 4.68 Å². The second-order valence-corrected chi connectivity index (χ2v) is 20.1. The number of carbonyl (C=O) groups excluding carboxylic acids is 4. The molecule has 25 heteroatoms. The van der Waals surface area contributed by atoms with Crippen molar-refractivity contribution in [1.82, 2.24) is 39.2 Å². The van der Waals surface area contributed by atoms with Gasteiger partial charge in [0.1, 0.15) is 24.4 Å². The molecule has 3 saturated heterocycles. The van der Waals surface area contributed by atoms with Crippen LogP contribution >= 0.6 is 23.2 Å². The smallest absolute Gasteiger partial charge is 0.317 e. The van der Waals surface area contributed by atoms with Crippen LogP contribution in [0.3, 0.4) is 0 Å². The minimum Gasteiger partial charge on any atom is -0.496 e. The van der Waals surface area contributed by atoms with Crippen LogP contribution in [-0.4, -0.2) is 234 Å². The Balaban J connectivity index is 0.00000426. The first-order valence-corrected chi connectivity index (χ1v) is 25.6. The number of ether oxygens (including phenoxy) is 3. The molecule has 8 rings (SSSR count). The summed E-state index contributed by atoms with van der Waals surface area (Å²) in [5, 5.41) is 38.6. The van der Waals surface area contributed by atoms with E-state index >= 15 is 0 Å². The van der Waals surface area contributed by atoms with Crippen LogP contribution in [-0.2, 0) is 40.2 Å². The second kappa shape index (κ2) is 26.6. The number of hydrogen-bond acceptors (Lipinski definition) is 17. The van der Waals surface area contributed by atoms with E-state index in [4.69, 9.17) is 52.5 Å². The number of anilines is 1. The molecule has 0 bridgehead atoms. The normalized spacial score (nSPS) is 17.4. The molecule has 3 amide bonds. The van der Waals surface area contributed by atoms with Crippen molar-refractivity contribution in [3.8, 4) is 39.6 Å². The summed E-state index contributed by atoms with van der Waals surface area (Å²) in [5.74, 6) is -1.94. The third kappa shape index (κ3) is 14.9. The molecular weight excluding hydrogens is 1040 g/mol. The quantitative estimate of drug-likeness (QED) is 0.0928. The number of morpholine rings is 1. The molecule has 0 radical (unpaired) electrons. The van der Waals surface area contributed by atoms with Crippen LogP contribution in [0.15, 0.2) is 59.8 Å². The lowest BCUT2D eigenvalue weighted by atomic mass is 9.95. The number of rotatable bonds is 16. The van der Waals surface area contributed by atoms with E-state index in [-0.39, 0.29) is 63.4 Å². The summed E-state index contributed by atoms with van der Waals surface area (Å²) in [6, 6.07) is 15.9. The number of nitrogens with zero attached hydrogens (tertiary/aromatic N) is 9. The molecule has 4 aromatic rings. The Morgan fingerprint density at radius 1 is 0.818 bits per heavy atom. The Kier molecular flexibility index (Phi) is 20.0. The number of aromatic nitrogens is 2. The van der Waals surface area contributed by atoms with E-state index < -0.39 is 30.0 Å². The van der Waals surface area contributed by atoms with E-state index in [1.165, 1.54) is 0 Å². The van der Waals surface area contributed by atoms with E-state index in [0.717, 1.165) is 13.4 Å². The summed E-state index contributed by atoms with van der Waals surface area (Å²) >= 11 is 13.0. The van der Waals surface area contributed by atoms with Gasteiger partial charge in [-0.2, -0.15) is 5.10 Å². The molecule has 23 nitrogen and oxygen atoms in total. The highest BCUT2D eigenvalue weighted by Crippen LogP contribution is 2.47. The molecule has 3 aromatic carbocycles. The van der Waals surface area contributed by atoms with Gasteiger partial charge in [-0.05, 0) is 55.8 Å². The number of methoxy groups -OCH3 is 1. The van der Waals surface area contributed by atoms with E-state index in [2.05, 4.69) is 10.5 Å². The number of hydrogen-bond donors (Lipinski definition) is 4. The van der Waals surface area contributed by atoms with Gasteiger partial charge in [0.25, 0.3) is 11.8 Å². The molecule has 3 fully saturated rings. The van der Waals surface area contributed by atoms with Gasteiger partial charge in [-0.15, -0.1) is 0 Å². The molecule has 4 aliphatic rings. The first kappa shape index (κ1) is 58.0. The van der Waals surface area contributed by atoms with Crippen LogP contribution in [0.2, 0.25) is 10.0 Å². The molecular formula is C52H64Cl2N10O13. The highest BCUT2D eigenvalue weighted by Gasteiger charge is 2.40. The van der Waals surface area contributed by atoms with Gasteiger partial charge in [-0.3, -0.25) is 43.6 Å². The lowest BCUT2D eigenvalue weighted by Gasteiger charge is -2.41. The molecule has 0 unspecified atom stereocenters. The maximum Gasteiger partial charge on any atom is 0.317 e. The SMILES string of the molecule is CO.COc1cc2c(cc1-c1cccc(NC(=O)CON=C3CN(C(=O)CN4CCN(CC=O)CCN(CC(=O)O)CCN(CC(=O)O)CC4)C3)c1)-c1c(c(C(=O)N3CCOCC3(C)C)nn1-c1cc(Cl)cc(Cl)c1)CO2. The van der Waals surface area contributed by atoms with Crippen LogP contribution in [0.4, 0.5) is 5.69 Å². The van der Waals surface area contributed by atoms with Crippen molar-refractivity contribution in [2.75, 3.05) is 138 Å². The van der Waals surface area contributed by atoms with Crippen molar-refractivity contribution in [1.29, 1.82) is 0 Å². The predicted molar refractivity (Wildman–Crippen MR) is 285 cm³/mol. The summed E-state index contributed by atoms with van der Waals surface area (Å²) in [6.07, 6.45) is 0.787. The molecule has 0 atom stereocenters. The van der Waals surface area contributed by atoms with Gasteiger partial charge >= 0.3 is 11.9 Å². The summed E-state index contributed by atoms with van der Waals surface area (Å²) in [5.41, 5.74) is 4.39. The van der Waals surface area contributed by atoms with Crippen LogP contribution in [0.25, 0.3) is 28.1 Å². The number of nitrogens with one attached hydrogen (secondary N) is 1. The predicted octanol–water partition coefficient (Wildman–Crippen LogP) is 3.02. The molecule has 5 heterocycles. The standard InChI is InChI=1S/C51H60Cl2N10O12.CH4O/c1-51(2)32-73-18-16-62(51)50(71)48-41-30-74-43-24-42(72-3)39(23-40(43)49(41)63(55-48)38-21-34(52)20-35(53)22-38)33-5-4-6-36(19-33)54-44(65)31-75-56-37-25-61(26-37)45(66)27-58-9-7-57(15-17-64)8-10-59(28-46(67)68)13-14-60(12-11-58)29-47(69)70;1-2/h4-6,17,19-24H,7-16,18,25-32H2,1-3H3,(H,54,65)(H,67,68)(H,69,70);2H,1H3. The summed E-state index contributed by atoms with van der Waals surface area (Å²) in [4.78, 5) is 91.7. The average molecular weight is 1110 g/mol. The van der Waals surface area contributed by atoms with Crippen molar-refractivity contribution >= 4 is 70.5 Å². The number of carbonyl (C=O) groups is 6. The van der Waals surface area contributed by atoms with Gasteiger partial charge < -0.3 is 54.3 Å². The summed E-state index contributed by atoms with van der Waals surface area (Å²) in [6.45, 7) is 7.81. The number of fused-ring (bicyclic) bond motifs is 3. The number of benzene rings is 3. The lowest BCUT2D eigenvalue weighted by Crippen LogP contribution is -2.55. The number of aldehydes is 1. The largest absolute Gasteiger partial charge is 0.496 e. The van der Waals surface area contributed by atoms with Gasteiger partial charge in [0.15, 0.2) is 12.3 Å². The molecule has 0 saturated carbocycles. The third-order valence-electron chi connectivity index (χ3n) is 13.4. The van der Waals surface area contributed by atoms with Gasteiger partial charge in [0.05, 0.1) is 82.2 Å². The Hall–Kier alpha value is -6.70. The minimum absolute atomic E-state index is 0.0434.